The van der Waals surface area contributed by atoms with Crippen molar-refractivity contribution in [1.29, 1.82) is 0 Å². The molecule has 0 saturated carbocycles. The SMILES string of the molecule is Cc1ccc2c(c1)c1c(c(=O)n(-c3ccccc3C)c(=O)n1Cc1ccc(F)cc1)n2C. The van der Waals surface area contributed by atoms with Crippen LogP contribution in [-0.2, 0) is 13.6 Å². The number of aromatic nitrogens is 3. The first-order valence-electron chi connectivity index (χ1n) is 10.4. The Labute approximate surface area is 183 Å². The lowest BCUT2D eigenvalue weighted by molar-refractivity contribution is 0.625. The Morgan fingerprint density at radius 3 is 2.31 bits per heavy atom. The summed E-state index contributed by atoms with van der Waals surface area (Å²) in [5.74, 6) is -0.336. The lowest BCUT2D eigenvalue weighted by Gasteiger charge is -2.15. The zero-order valence-electron chi connectivity index (χ0n) is 18.1. The Balaban J connectivity index is 1.96. The fourth-order valence-electron chi connectivity index (χ4n) is 4.41. The van der Waals surface area contributed by atoms with Crippen LogP contribution in [-0.4, -0.2) is 13.7 Å². The average molecular weight is 427 g/mol. The number of para-hydroxylation sites is 1. The van der Waals surface area contributed by atoms with Gasteiger partial charge in [0.1, 0.15) is 11.3 Å². The molecule has 0 aliphatic rings. The minimum Gasteiger partial charge on any atom is -0.338 e. The largest absolute Gasteiger partial charge is 0.338 e. The number of nitrogens with zero attached hydrogens (tertiary/aromatic N) is 3. The van der Waals surface area contributed by atoms with Crippen molar-refractivity contribution in [3.8, 4) is 5.69 Å². The van der Waals surface area contributed by atoms with Gasteiger partial charge in [0.15, 0.2) is 0 Å². The number of hydrogen-bond donors (Lipinski definition) is 0. The van der Waals surface area contributed by atoms with E-state index in [9.17, 15) is 14.0 Å². The molecule has 0 unspecified atom stereocenters. The lowest BCUT2D eigenvalue weighted by atomic mass is 10.1. The third kappa shape index (κ3) is 2.99. The Hall–Kier alpha value is -3.93. The number of halogens is 1. The molecule has 0 aliphatic heterocycles. The highest BCUT2D eigenvalue weighted by molar-refractivity contribution is 6.06. The average Bonchev–Trinajstić information content (AvgIpc) is 3.05. The van der Waals surface area contributed by atoms with Gasteiger partial charge in [-0.25, -0.2) is 13.8 Å². The first kappa shape index (κ1) is 20.0. The summed E-state index contributed by atoms with van der Waals surface area (Å²) in [6, 6.07) is 19.4. The van der Waals surface area contributed by atoms with Crippen LogP contribution in [0.2, 0.25) is 0 Å². The lowest BCUT2D eigenvalue weighted by Crippen LogP contribution is -2.39. The Kier molecular flexibility index (Phi) is 4.59. The van der Waals surface area contributed by atoms with Crippen LogP contribution in [0.25, 0.3) is 27.6 Å². The second kappa shape index (κ2) is 7.34. The highest BCUT2D eigenvalue weighted by Gasteiger charge is 2.22. The highest BCUT2D eigenvalue weighted by atomic mass is 19.1. The Morgan fingerprint density at radius 2 is 1.59 bits per heavy atom. The molecule has 0 fully saturated rings. The zero-order chi connectivity index (χ0) is 22.6. The molecule has 0 radical (unpaired) electrons. The van der Waals surface area contributed by atoms with Gasteiger partial charge < -0.3 is 4.57 Å². The second-order valence-corrected chi connectivity index (χ2v) is 8.20. The standard InChI is InChI=1S/C26H22FN3O2/c1-16-8-13-22-20(14-16)23-24(28(22)3)25(31)30(21-7-5-4-6-17(21)2)26(32)29(23)15-18-9-11-19(27)12-10-18/h4-14H,15H2,1-3H3. The number of hydrogen-bond acceptors (Lipinski definition) is 2. The fraction of sp³-hybridized carbons (Fsp3) is 0.154. The quantitative estimate of drug-likeness (QED) is 0.427. The van der Waals surface area contributed by atoms with E-state index in [0.717, 1.165) is 27.6 Å². The summed E-state index contributed by atoms with van der Waals surface area (Å²) in [6.45, 7) is 4.07. The van der Waals surface area contributed by atoms with Crippen LogP contribution in [0.5, 0.6) is 0 Å². The first-order valence-corrected chi connectivity index (χ1v) is 10.4. The van der Waals surface area contributed by atoms with E-state index in [1.807, 2.05) is 61.9 Å². The van der Waals surface area contributed by atoms with Crippen LogP contribution in [0.4, 0.5) is 4.39 Å². The van der Waals surface area contributed by atoms with E-state index < -0.39 is 5.69 Å². The molecule has 32 heavy (non-hydrogen) atoms. The minimum absolute atomic E-state index is 0.217. The van der Waals surface area contributed by atoms with Gasteiger partial charge in [0.2, 0.25) is 0 Å². The Morgan fingerprint density at radius 1 is 0.875 bits per heavy atom. The molecule has 5 nitrogen and oxygen atoms in total. The maximum Gasteiger partial charge on any atom is 0.336 e. The number of fused-ring (bicyclic) bond motifs is 3. The van der Waals surface area contributed by atoms with Crippen molar-refractivity contribution < 1.29 is 4.39 Å². The van der Waals surface area contributed by atoms with Gasteiger partial charge in [0, 0.05) is 12.4 Å². The van der Waals surface area contributed by atoms with Crippen molar-refractivity contribution in [3.63, 3.8) is 0 Å². The molecule has 0 N–H and O–H groups in total. The summed E-state index contributed by atoms with van der Waals surface area (Å²) >= 11 is 0. The number of benzene rings is 3. The van der Waals surface area contributed by atoms with Crippen LogP contribution >= 0.6 is 0 Å². The summed E-state index contributed by atoms with van der Waals surface area (Å²) in [5, 5.41) is 0.843. The van der Waals surface area contributed by atoms with E-state index >= 15 is 0 Å². The molecular formula is C26H22FN3O2. The van der Waals surface area contributed by atoms with Gasteiger partial charge in [-0.2, -0.15) is 0 Å². The van der Waals surface area contributed by atoms with Crippen molar-refractivity contribution in [2.45, 2.75) is 20.4 Å². The van der Waals surface area contributed by atoms with Gasteiger partial charge >= 0.3 is 5.69 Å². The molecular weight excluding hydrogens is 405 g/mol. The normalized spacial score (nSPS) is 11.5. The Bertz CT molecular complexity index is 1620. The third-order valence-corrected chi connectivity index (χ3v) is 6.04. The van der Waals surface area contributed by atoms with Crippen molar-refractivity contribution in [3.05, 3.63) is 110 Å². The topological polar surface area (TPSA) is 48.9 Å². The van der Waals surface area contributed by atoms with E-state index in [-0.39, 0.29) is 17.9 Å². The van der Waals surface area contributed by atoms with Crippen molar-refractivity contribution >= 4 is 21.9 Å². The molecule has 0 bridgehead atoms. The van der Waals surface area contributed by atoms with Crippen molar-refractivity contribution in [1.82, 2.24) is 13.7 Å². The number of rotatable bonds is 3. The molecule has 2 aromatic heterocycles. The van der Waals surface area contributed by atoms with Gasteiger partial charge in [-0.05, 0) is 55.3 Å². The highest BCUT2D eigenvalue weighted by Crippen LogP contribution is 2.27. The molecule has 0 saturated heterocycles. The summed E-state index contributed by atoms with van der Waals surface area (Å²) in [7, 11) is 1.84. The summed E-state index contributed by atoms with van der Waals surface area (Å²) in [4.78, 5) is 27.5. The molecule has 3 aromatic carbocycles. The van der Waals surface area contributed by atoms with Crippen LogP contribution < -0.4 is 11.2 Å². The van der Waals surface area contributed by atoms with Gasteiger partial charge in [-0.3, -0.25) is 9.36 Å². The second-order valence-electron chi connectivity index (χ2n) is 8.20. The monoisotopic (exact) mass is 427 g/mol. The van der Waals surface area contributed by atoms with Gasteiger partial charge in [-0.1, -0.05) is 42.0 Å². The van der Waals surface area contributed by atoms with Crippen LogP contribution in [0, 0.1) is 19.7 Å². The zero-order valence-corrected chi connectivity index (χ0v) is 18.1. The molecule has 0 spiro atoms. The van der Waals surface area contributed by atoms with Crippen LogP contribution in [0.15, 0.2) is 76.3 Å². The van der Waals surface area contributed by atoms with E-state index in [4.69, 9.17) is 0 Å². The summed E-state index contributed by atoms with van der Waals surface area (Å²) in [5.41, 5.74) is 4.33. The molecule has 5 rings (SSSR count). The van der Waals surface area contributed by atoms with E-state index in [0.29, 0.717) is 16.7 Å². The predicted octanol–water partition coefficient (Wildman–Crippen LogP) is 4.45. The van der Waals surface area contributed by atoms with Gasteiger partial charge in [-0.15, -0.1) is 0 Å². The number of aryl methyl sites for hydroxylation is 3. The maximum absolute atomic E-state index is 13.8. The molecule has 0 amide bonds. The van der Waals surface area contributed by atoms with Crippen LogP contribution in [0.3, 0.4) is 0 Å². The van der Waals surface area contributed by atoms with Crippen LogP contribution in [0.1, 0.15) is 16.7 Å². The van der Waals surface area contributed by atoms with E-state index in [1.165, 1.54) is 16.7 Å². The molecule has 0 atom stereocenters. The van der Waals surface area contributed by atoms with E-state index in [2.05, 4.69) is 0 Å². The third-order valence-electron chi connectivity index (χ3n) is 6.04. The summed E-state index contributed by atoms with van der Waals surface area (Å²) in [6.07, 6.45) is 0. The molecule has 0 aliphatic carbocycles. The first-order chi connectivity index (χ1) is 15.4. The predicted molar refractivity (Wildman–Crippen MR) is 125 cm³/mol. The van der Waals surface area contributed by atoms with Gasteiger partial charge in [0.25, 0.3) is 5.56 Å². The fourth-order valence-corrected chi connectivity index (χ4v) is 4.41. The minimum atomic E-state index is -0.421. The summed E-state index contributed by atoms with van der Waals surface area (Å²) < 4.78 is 18.2. The molecule has 2 heterocycles. The van der Waals surface area contributed by atoms with Crippen molar-refractivity contribution in [2.75, 3.05) is 0 Å². The van der Waals surface area contributed by atoms with E-state index in [1.54, 1.807) is 22.8 Å². The molecule has 160 valence electrons. The smallest absolute Gasteiger partial charge is 0.336 e. The molecule has 5 aromatic rings. The molecule has 6 heteroatoms. The maximum atomic E-state index is 13.8. The van der Waals surface area contributed by atoms with Crippen molar-refractivity contribution in [2.24, 2.45) is 7.05 Å². The van der Waals surface area contributed by atoms with Gasteiger partial charge in [0.05, 0.1) is 23.3 Å².